The van der Waals surface area contributed by atoms with E-state index >= 15 is 0 Å². The van der Waals surface area contributed by atoms with Gasteiger partial charge < -0.3 is 5.32 Å². The molecule has 1 unspecified atom stereocenters. The summed E-state index contributed by atoms with van der Waals surface area (Å²) in [4.78, 5) is 0. The van der Waals surface area contributed by atoms with E-state index in [-0.39, 0.29) is 0 Å². The number of rotatable bonds is 6. The van der Waals surface area contributed by atoms with Gasteiger partial charge in [0.25, 0.3) is 0 Å². The van der Waals surface area contributed by atoms with Gasteiger partial charge in [-0.3, -0.25) is 0 Å². The average Bonchev–Trinajstić information content (AvgIpc) is 2.64. The standard InChI is InChI=1S/C12H19NS/c1-4-13-12(6-5-10(2)3)11-7-8-14-9-11/h7-9,12-13H,2,4-6H2,1,3H3. The van der Waals surface area contributed by atoms with Crippen molar-refractivity contribution >= 4 is 11.3 Å². The fourth-order valence-electron chi connectivity index (χ4n) is 1.50. The highest BCUT2D eigenvalue weighted by Crippen LogP contribution is 2.22. The van der Waals surface area contributed by atoms with Gasteiger partial charge in [0.15, 0.2) is 0 Å². The fourth-order valence-corrected chi connectivity index (χ4v) is 2.21. The minimum Gasteiger partial charge on any atom is -0.310 e. The monoisotopic (exact) mass is 209 g/mol. The lowest BCUT2D eigenvalue weighted by molar-refractivity contribution is 0.516. The lowest BCUT2D eigenvalue weighted by Gasteiger charge is -2.16. The van der Waals surface area contributed by atoms with E-state index in [1.807, 2.05) is 0 Å². The van der Waals surface area contributed by atoms with E-state index in [0.29, 0.717) is 6.04 Å². The van der Waals surface area contributed by atoms with Crippen LogP contribution < -0.4 is 5.32 Å². The Morgan fingerprint density at radius 3 is 2.93 bits per heavy atom. The number of hydrogen-bond acceptors (Lipinski definition) is 2. The molecule has 1 N–H and O–H groups in total. The Morgan fingerprint density at radius 1 is 1.64 bits per heavy atom. The van der Waals surface area contributed by atoms with Crippen molar-refractivity contribution in [2.45, 2.75) is 32.7 Å². The zero-order valence-corrected chi connectivity index (χ0v) is 9.86. The Morgan fingerprint density at radius 2 is 2.43 bits per heavy atom. The molecule has 1 atom stereocenters. The van der Waals surface area contributed by atoms with Gasteiger partial charge >= 0.3 is 0 Å². The SMILES string of the molecule is C=C(C)CCC(NCC)c1ccsc1. The summed E-state index contributed by atoms with van der Waals surface area (Å²) in [6.07, 6.45) is 2.26. The highest BCUT2D eigenvalue weighted by atomic mass is 32.1. The van der Waals surface area contributed by atoms with E-state index < -0.39 is 0 Å². The van der Waals surface area contributed by atoms with Crippen molar-refractivity contribution in [1.82, 2.24) is 5.32 Å². The minimum atomic E-state index is 0.503. The predicted molar refractivity (Wildman–Crippen MR) is 64.8 cm³/mol. The lowest BCUT2D eigenvalue weighted by Crippen LogP contribution is -2.20. The van der Waals surface area contributed by atoms with Gasteiger partial charge in [0.1, 0.15) is 0 Å². The first-order chi connectivity index (χ1) is 6.74. The molecule has 0 aliphatic carbocycles. The molecule has 0 saturated heterocycles. The lowest BCUT2D eigenvalue weighted by atomic mass is 10.0. The smallest absolute Gasteiger partial charge is 0.0331 e. The molecule has 0 aliphatic heterocycles. The van der Waals surface area contributed by atoms with Crippen LogP contribution in [0.5, 0.6) is 0 Å². The van der Waals surface area contributed by atoms with Gasteiger partial charge in [0.2, 0.25) is 0 Å². The van der Waals surface area contributed by atoms with Crippen LogP contribution in [0, 0.1) is 0 Å². The first-order valence-electron chi connectivity index (χ1n) is 5.14. The zero-order valence-electron chi connectivity index (χ0n) is 9.05. The normalized spacial score (nSPS) is 12.7. The molecule has 1 heterocycles. The summed E-state index contributed by atoms with van der Waals surface area (Å²) >= 11 is 1.77. The topological polar surface area (TPSA) is 12.0 Å². The van der Waals surface area contributed by atoms with Crippen LogP contribution in [0.1, 0.15) is 38.3 Å². The van der Waals surface area contributed by atoms with Gasteiger partial charge in [-0.05, 0) is 48.7 Å². The Balaban J connectivity index is 2.51. The van der Waals surface area contributed by atoms with Gasteiger partial charge in [-0.15, -0.1) is 6.58 Å². The van der Waals surface area contributed by atoms with Crippen LogP contribution in [0.25, 0.3) is 0 Å². The van der Waals surface area contributed by atoms with E-state index in [4.69, 9.17) is 0 Å². The molecule has 1 aromatic rings. The first kappa shape index (κ1) is 11.5. The molecule has 0 amide bonds. The van der Waals surface area contributed by atoms with Crippen LogP contribution in [0.2, 0.25) is 0 Å². The molecule has 1 rings (SSSR count). The van der Waals surface area contributed by atoms with Crippen LogP contribution >= 0.6 is 11.3 Å². The third-order valence-electron chi connectivity index (χ3n) is 2.26. The third kappa shape index (κ3) is 3.64. The number of thiophene rings is 1. The average molecular weight is 209 g/mol. The molecule has 14 heavy (non-hydrogen) atoms. The second kappa shape index (κ2) is 5.99. The molecule has 1 aromatic heterocycles. The van der Waals surface area contributed by atoms with Gasteiger partial charge in [-0.25, -0.2) is 0 Å². The second-order valence-electron chi connectivity index (χ2n) is 3.66. The highest BCUT2D eigenvalue weighted by Gasteiger charge is 2.09. The largest absolute Gasteiger partial charge is 0.310 e. The van der Waals surface area contributed by atoms with Crippen LogP contribution in [0.3, 0.4) is 0 Å². The van der Waals surface area contributed by atoms with E-state index in [1.54, 1.807) is 11.3 Å². The molecule has 2 heteroatoms. The molecule has 0 aromatic carbocycles. The van der Waals surface area contributed by atoms with E-state index in [1.165, 1.54) is 11.1 Å². The summed E-state index contributed by atoms with van der Waals surface area (Å²) in [5.74, 6) is 0. The molecule has 0 fully saturated rings. The van der Waals surface area contributed by atoms with E-state index in [0.717, 1.165) is 19.4 Å². The molecule has 0 aliphatic rings. The zero-order chi connectivity index (χ0) is 10.4. The Hall–Kier alpha value is -0.600. The van der Waals surface area contributed by atoms with Crippen molar-refractivity contribution < 1.29 is 0 Å². The molecule has 78 valence electrons. The Kier molecular flexibility index (Phi) is 4.91. The summed E-state index contributed by atoms with van der Waals surface area (Å²) in [6.45, 7) is 9.21. The maximum Gasteiger partial charge on any atom is 0.0331 e. The predicted octanol–water partition coefficient (Wildman–Crippen LogP) is 3.76. The molecule has 0 bridgehead atoms. The maximum absolute atomic E-state index is 3.94. The summed E-state index contributed by atoms with van der Waals surface area (Å²) in [6, 6.07) is 2.71. The van der Waals surface area contributed by atoms with Crippen LogP contribution in [-0.2, 0) is 0 Å². The molecule has 0 saturated carbocycles. The quantitative estimate of drug-likeness (QED) is 0.703. The van der Waals surface area contributed by atoms with Gasteiger partial charge in [0.05, 0.1) is 0 Å². The summed E-state index contributed by atoms with van der Waals surface area (Å²) in [5, 5.41) is 7.87. The van der Waals surface area contributed by atoms with Crippen LogP contribution in [0.4, 0.5) is 0 Å². The first-order valence-corrected chi connectivity index (χ1v) is 6.08. The second-order valence-corrected chi connectivity index (χ2v) is 4.44. The molecule has 0 spiro atoms. The highest BCUT2D eigenvalue weighted by molar-refractivity contribution is 7.07. The fraction of sp³-hybridized carbons (Fsp3) is 0.500. The third-order valence-corrected chi connectivity index (χ3v) is 2.96. The Bertz CT molecular complexity index is 264. The van der Waals surface area contributed by atoms with Crippen molar-refractivity contribution in [3.63, 3.8) is 0 Å². The number of allylic oxidation sites excluding steroid dienone is 1. The molecular formula is C12H19NS. The van der Waals surface area contributed by atoms with Gasteiger partial charge in [-0.2, -0.15) is 11.3 Å². The van der Waals surface area contributed by atoms with Crippen LogP contribution in [0.15, 0.2) is 29.0 Å². The van der Waals surface area contributed by atoms with E-state index in [9.17, 15) is 0 Å². The van der Waals surface area contributed by atoms with Crippen molar-refractivity contribution in [2.24, 2.45) is 0 Å². The summed E-state index contributed by atoms with van der Waals surface area (Å²) < 4.78 is 0. The van der Waals surface area contributed by atoms with Crippen molar-refractivity contribution in [2.75, 3.05) is 6.54 Å². The van der Waals surface area contributed by atoms with Crippen molar-refractivity contribution in [1.29, 1.82) is 0 Å². The summed E-state index contributed by atoms with van der Waals surface area (Å²) in [7, 11) is 0. The summed E-state index contributed by atoms with van der Waals surface area (Å²) in [5.41, 5.74) is 2.68. The molecule has 0 radical (unpaired) electrons. The Labute approximate surface area is 90.9 Å². The number of hydrogen-bond donors (Lipinski definition) is 1. The van der Waals surface area contributed by atoms with Crippen molar-refractivity contribution in [3.8, 4) is 0 Å². The van der Waals surface area contributed by atoms with Gasteiger partial charge in [-0.1, -0.05) is 12.5 Å². The van der Waals surface area contributed by atoms with Crippen molar-refractivity contribution in [3.05, 3.63) is 34.5 Å². The van der Waals surface area contributed by atoms with E-state index in [2.05, 4.69) is 42.6 Å². The van der Waals surface area contributed by atoms with Gasteiger partial charge in [0, 0.05) is 6.04 Å². The minimum absolute atomic E-state index is 0.503. The molecule has 1 nitrogen and oxygen atoms in total. The number of nitrogens with one attached hydrogen (secondary N) is 1. The molecular weight excluding hydrogens is 190 g/mol. The van der Waals surface area contributed by atoms with Crippen LogP contribution in [-0.4, -0.2) is 6.54 Å². The maximum atomic E-state index is 3.94.